The van der Waals surface area contributed by atoms with E-state index in [1.54, 1.807) is 0 Å². The van der Waals surface area contributed by atoms with Crippen molar-refractivity contribution in [3.05, 3.63) is 43.5 Å². The van der Waals surface area contributed by atoms with Gasteiger partial charge in [0.15, 0.2) is 0 Å². The van der Waals surface area contributed by atoms with Crippen molar-refractivity contribution in [1.82, 2.24) is 9.88 Å². The highest BCUT2D eigenvalue weighted by Gasteiger charge is 2.16. The lowest BCUT2D eigenvalue weighted by Crippen LogP contribution is -2.42. The van der Waals surface area contributed by atoms with Crippen LogP contribution in [0, 0.1) is 7.14 Å². The highest BCUT2D eigenvalue weighted by molar-refractivity contribution is 14.1. The summed E-state index contributed by atoms with van der Waals surface area (Å²) in [4.78, 5) is 0. The van der Waals surface area contributed by atoms with E-state index in [-0.39, 0.29) is 5.54 Å². The second-order valence-corrected chi connectivity index (χ2v) is 9.71. The SMILES string of the molecule is CC(C)(C)NC[C@@H](O)Cn1c2ccc(I)cc2c2cc(I)ccc21. The first-order chi connectivity index (χ1) is 11.2. The molecule has 0 fully saturated rings. The number of fused-ring (bicyclic) bond motifs is 3. The lowest BCUT2D eigenvalue weighted by Gasteiger charge is -2.23. The number of rotatable bonds is 4. The molecule has 0 saturated carbocycles. The molecule has 0 saturated heterocycles. The van der Waals surface area contributed by atoms with Gasteiger partial charge in [0.1, 0.15) is 0 Å². The summed E-state index contributed by atoms with van der Waals surface area (Å²) >= 11 is 4.71. The molecule has 24 heavy (non-hydrogen) atoms. The molecule has 3 rings (SSSR count). The van der Waals surface area contributed by atoms with E-state index in [2.05, 4.69) is 112 Å². The van der Waals surface area contributed by atoms with Crippen molar-refractivity contribution < 1.29 is 5.11 Å². The Labute approximate surface area is 170 Å². The maximum Gasteiger partial charge on any atom is 0.0843 e. The minimum atomic E-state index is -0.429. The van der Waals surface area contributed by atoms with Crippen molar-refractivity contribution in [2.45, 2.75) is 39.0 Å². The Hall–Kier alpha value is -0.380. The van der Waals surface area contributed by atoms with E-state index in [0.29, 0.717) is 13.1 Å². The number of nitrogens with one attached hydrogen (secondary N) is 1. The standard InChI is InChI=1S/C19H22I2N2O/c1-19(2,3)22-10-14(24)11-23-17-6-4-12(20)8-15(17)16-9-13(21)5-7-18(16)23/h4-9,14,22,24H,10-11H2,1-3H3/t14-/m1/s1. The average molecular weight is 548 g/mol. The molecule has 0 bridgehead atoms. The van der Waals surface area contributed by atoms with Crippen molar-refractivity contribution in [1.29, 1.82) is 0 Å². The summed E-state index contributed by atoms with van der Waals surface area (Å²) in [5.41, 5.74) is 2.37. The number of benzene rings is 2. The van der Waals surface area contributed by atoms with Crippen LogP contribution in [-0.4, -0.2) is 27.9 Å². The van der Waals surface area contributed by atoms with Crippen LogP contribution in [0.15, 0.2) is 36.4 Å². The predicted molar refractivity (Wildman–Crippen MR) is 119 cm³/mol. The summed E-state index contributed by atoms with van der Waals surface area (Å²) in [6.07, 6.45) is -0.429. The van der Waals surface area contributed by atoms with Gasteiger partial charge in [0.25, 0.3) is 0 Å². The Morgan fingerprint density at radius 3 is 1.96 bits per heavy atom. The molecule has 0 aliphatic rings. The molecule has 0 spiro atoms. The van der Waals surface area contributed by atoms with Gasteiger partial charge in [-0.15, -0.1) is 0 Å². The Balaban J connectivity index is 2.02. The second kappa shape index (κ2) is 7.09. The van der Waals surface area contributed by atoms with Gasteiger partial charge in [0.2, 0.25) is 0 Å². The van der Waals surface area contributed by atoms with Crippen LogP contribution in [0.3, 0.4) is 0 Å². The molecule has 0 unspecified atom stereocenters. The molecule has 0 radical (unpaired) electrons. The minimum absolute atomic E-state index is 0.00796. The number of aliphatic hydroxyl groups is 1. The largest absolute Gasteiger partial charge is 0.390 e. The van der Waals surface area contributed by atoms with Crippen LogP contribution in [0.1, 0.15) is 20.8 Å². The fourth-order valence-corrected chi connectivity index (χ4v) is 3.93. The third-order valence-corrected chi connectivity index (χ3v) is 5.39. The quantitative estimate of drug-likeness (QED) is 0.462. The molecule has 3 aromatic rings. The Morgan fingerprint density at radius 2 is 1.50 bits per heavy atom. The third kappa shape index (κ3) is 4.05. The molecular formula is C19H22I2N2O. The van der Waals surface area contributed by atoms with Gasteiger partial charge in [-0.05, 0) is 102 Å². The number of aromatic nitrogens is 1. The molecule has 1 aromatic heterocycles. The molecule has 2 aromatic carbocycles. The number of hydrogen-bond acceptors (Lipinski definition) is 2. The predicted octanol–water partition coefficient (Wildman–Crippen LogP) is 4.75. The average Bonchev–Trinajstić information content (AvgIpc) is 2.78. The summed E-state index contributed by atoms with van der Waals surface area (Å²) in [5, 5.41) is 16.4. The van der Waals surface area contributed by atoms with E-state index in [9.17, 15) is 5.11 Å². The highest BCUT2D eigenvalue weighted by atomic mass is 127. The van der Waals surface area contributed by atoms with Crippen LogP contribution < -0.4 is 5.32 Å². The van der Waals surface area contributed by atoms with Crippen molar-refractivity contribution in [3.8, 4) is 0 Å². The maximum absolute atomic E-state index is 10.5. The molecule has 1 atom stereocenters. The van der Waals surface area contributed by atoms with Crippen LogP contribution in [0.2, 0.25) is 0 Å². The monoisotopic (exact) mass is 548 g/mol. The summed E-state index contributed by atoms with van der Waals surface area (Å²) < 4.78 is 4.70. The van der Waals surface area contributed by atoms with Crippen LogP contribution in [0.4, 0.5) is 0 Å². The van der Waals surface area contributed by atoms with Gasteiger partial charge in [0, 0.05) is 41.0 Å². The van der Waals surface area contributed by atoms with Gasteiger partial charge in [-0.2, -0.15) is 0 Å². The number of β-amino-alcohol motifs (C(OH)–C–C–N with tert-alkyl or cyclic N) is 1. The number of aliphatic hydroxyl groups excluding tert-OH is 1. The number of hydrogen-bond donors (Lipinski definition) is 2. The number of nitrogens with zero attached hydrogens (tertiary/aromatic N) is 1. The molecule has 5 heteroatoms. The first-order valence-electron chi connectivity index (χ1n) is 8.05. The van der Waals surface area contributed by atoms with Crippen molar-refractivity contribution in [2.24, 2.45) is 0 Å². The zero-order valence-electron chi connectivity index (χ0n) is 14.1. The van der Waals surface area contributed by atoms with Gasteiger partial charge in [-0.25, -0.2) is 0 Å². The van der Waals surface area contributed by atoms with E-state index < -0.39 is 6.10 Å². The first kappa shape index (κ1) is 18.4. The van der Waals surface area contributed by atoms with Crippen molar-refractivity contribution >= 4 is 67.0 Å². The lowest BCUT2D eigenvalue weighted by molar-refractivity contribution is 0.144. The van der Waals surface area contributed by atoms with E-state index in [1.807, 2.05) is 0 Å². The highest BCUT2D eigenvalue weighted by Crippen LogP contribution is 2.31. The second-order valence-electron chi connectivity index (χ2n) is 7.22. The zero-order valence-corrected chi connectivity index (χ0v) is 18.4. The molecule has 128 valence electrons. The fourth-order valence-electron chi connectivity index (χ4n) is 2.94. The van der Waals surface area contributed by atoms with Gasteiger partial charge >= 0.3 is 0 Å². The summed E-state index contributed by atoms with van der Waals surface area (Å²) in [6.45, 7) is 7.52. The van der Waals surface area contributed by atoms with E-state index in [1.165, 1.54) is 28.9 Å². The van der Waals surface area contributed by atoms with E-state index >= 15 is 0 Å². The summed E-state index contributed by atoms with van der Waals surface area (Å²) in [6, 6.07) is 13.0. The van der Waals surface area contributed by atoms with Crippen LogP contribution in [-0.2, 0) is 6.54 Å². The summed E-state index contributed by atoms with van der Waals surface area (Å²) in [7, 11) is 0. The molecule has 0 aliphatic heterocycles. The topological polar surface area (TPSA) is 37.2 Å². The third-order valence-electron chi connectivity index (χ3n) is 4.05. The van der Waals surface area contributed by atoms with E-state index in [0.717, 1.165) is 0 Å². The Bertz CT molecular complexity index is 821. The van der Waals surface area contributed by atoms with Crippen molar-refractivity contribution in [2.75, 3.05) is 6.54 Å². The fraction of sp³-hybridized carbons (Fsp3) is 0.368. The summed E-state index contributed by atoms with van der Waals surface area (Å²) in [5.74, 6) is 0. The molecule has 0 amide bonds. The van der Waals surface area contributed by atoms with Gasteiger partial charge < -0.3 is 15.0 Å². The van der Waals surface area contributed by atoms with Crippen LogP contribution in [0.5, 0.6) is 0 Å². The molecular weight excluding hydrogens is 526 g/mol. The smallest absolute Gasteiger partial charge is 0.0843 e. The normalized spacial score (nSPS) is 13.8. The molecule has 0 aliphatic carbocycles. The lowest BCUT2D eigenvalue weighted by atomic mass is 10.1. The van der Waals surface area contributed by atoms with Gasteiger partial charge in [0.05, 0.1) is 12.6 Å². The zero-order chi connectivity index (χ0) is 17.5. The van der Waals surface area contributed by atoms with Crippen molar-refractivity contribution in [3.63, 3.8) is 0 Å². The maximum atomic E-state index is 10.5. The van der Waals surface area contributed by atoms with Crippen LogP contribution in [0.25, 0.3) is 21.8 Å². The van der Waals surface area contributed by atoms with Gasteiger partial charge in [-0.1, -0.05) is 0 Å². The molecule has 3 nitrogen and oxygen atoms in total. The Morgan fingerprint density at radius 1 is 1.00 bits per heavy atom. The van der Waals surface area contributed by atoms with Crippen LogP contribution >= 0.6 is 45.2 Å². The molecule has 2 N–H and O–H groups in total. The van der Waals surface area contributed by atoms with Gasteiger partial charge in [-0.3, -0.25) is 0 Å². The molecule has 1 heterocycles. The minimum Gasteiger partial charge on any atom is -0.390 e. The number of halogens is 2. The van der Waals surface area contributed by atoms with E-state index in [4.69, 9.17) is 0 Å². The first-order valence-corrected chi connectivity index (χ1v) is 10.2. The Kier molecular flexibility index (Phi) is 5.44.